The van der Waals surface area contributed by atoms with Gasteiger partial charge in [-0.1, -0.05) is 51.1 Å². The molecule has 0 N–H and O–H groups in total. The molecule has 4 rings (SSSR count). The Morgan fingerprint density at radius 3 is 1.95 bits per heavy atom. The minimum atomic E-state index is -4.60. The largest absolute Gasteiger partial charge is 0.416 e. The number of rotatable bonds is 7. The lowest BCUT2D eigenvalue weighted by molar-refractivity contribution is -0.138. The van der Waals surface area contributed by atoms with Crippen LogP contribution in [-0.2, 0) is 18.9 Å². The third-order valence-corrected chi connectivity index (χ3v) is 7.67. The summed E-state index contributed by atoms with van der Waals surface area (Å²) in [5, 5.41) is 0. The second-order valence-electron chi connectivity index (χ2n) is 11.4. The van der Waals surface area contributed by atoms with E-state index in [1.807, 2.05) is 4.90 Å². The molecule has 0 radical (unpaired) electrons. The fraction of sp³-hybridized carbons (Fsp3) is 0.438. The highest BCUT2D eigenvalue weighted by Gasteiger charge is 2.32. The van der Waals surface area contributed by atoms with Gasteiger partial charge in [0.15, 0.2) is 0 Å². The average molecular weight is 566 g/mol. The normalized spacial score (nSPS) is 16.5. The van der Waals surface area contributed by atoms with Crippen molar-refractivity contribution >= 4 is 0 Å². The van der Waals surface area contributed by atoms with Gasteiger partial charge in [-0.2, -0.15) is 26.3 Å². The number of nitrogens with zero attached hydrogens (tertiary/aromatic N) is 1. The molecule has 1 unspecified atom stereocenters. The summed E-state index contributed by atoms with van der Waals surface area (Å²) in [6, 6.07) is 14.2. The van der Waals surface area contributed by atoms with Gasteiger partial charge < -0.3 is 0 Å². The highest BCUT2D eigenvalue weighted by molar-refractivity contribution is 5.66. The fourth-order valence-corrected chi connectivity index (χ4v) is 5.65. The van der Waals surface area contributed by atoms with E-state index in [4.69, 9.17) is 0 Å². The summed E-state index contributed by atoms with van der Waals surface area (Å²) in [4.78, 5) is 2.04. The molecule has 0 bridgehead atoms. The average Bonchev–Trinajstić information content (AvgIpc) is 2.87. The van der Waals surface area contributed by atoms with Crippen LogP contribution in [0.4, 0.5) is 30.7 Å². The second kappa shape index (κ2) is 11.9. The summed E-state index contributed by atoms with van der Waals surface area (Å²) < 4.78 is 92.6. The lowest BCUT2D eigenvalue weighted by Crippen LogP contribution is -2.32. The van der Waals surface area contributed by atoms with E-state index in [1.165, 1.54) is 12.1 Å². The molecule has 0 amide bonds. The molecule has 1 fully saturated rings. The van der Waals surface area contributed by atoms with Crippen LogP contribution < -0.4 is 0 Å². The molecule has 0 aromatic heterocycles. The van der Waals surface area contributed by atoms with Crippen molar-refractivity contribution in [3.8, 4) is 11.1 Å². The van der Waals surface area contributed by atoms with Crippen LogP contribution in [0.2, 0.25) is 0 Å². The van der Waals surface area contributed by atoms with Crippen LogP contribution in [-0.4, -0.2) is 18.0 Å². The monoisotopic (exact) mass is 565 g/mol. The first-order valence-corrected chi connectivity index (χ1v) is 13.6. The summed E-state index contributed by atoms with van der Waals surface area (Å²) in [5.41, 5.74) is 2.47. The zero-order valence-electron chi connectivity index (χ0n) is 22.8. The molecule has 1 heterocycles. The fourth-order valence-electron chi connectivity index (χ4n) is 5.65. The maximum Gasteiger partial charge on any atom is 0.416 e. The molecule has 1 atom stereocenters. The van der Waals surface area contributed by atoms with Crippen molar-refractivity contribution in [3.63, 3.8) is 0 Å². The molecule has 1 saturated heterocycles. The summed E-state index contributed by atoms with van der Waals surface area (Å²) in [7, 11) is 0. The van der Waals surface area contributed by atoms with E-state index >= 15 is 0 Å². The smallest absolute Gasteiger partial charge is 0.299 e. The number of benzene rings is 3. The van der Waals surface area contributed by atoms with Crippen LogP contribution in [0.1, 0.15) is 79.7 Å². The zero-order valence-corrected chi connectivity index (χ0v) is 22.8. The molecule has 1 nitrogen and oxygen atoms in total. The van der Waals surface area contributed by atoms with Crippen molar-refractivity contribution in [1.29, 1.82) is 0 Å². The van der Waals surface area contributed by atoms with Gasteiger partial charge in [0, 0.05) is 6.54 Å². The first kappa shape index (κ1) is 30.1. The summed E-state index contributed by atoms with van der Waals surface area (Å²) in [6.45, 7) is 7.99. The van der Waals surface area contributed by atoms with E-state index in [2.05, 4.69) is 39.0 Å². The van der Waals surface area contributed by atoms with Gasteiger partial charge in [0.1, 0.15) is 5.82 Å². The zero-order chi connectivity index (χ0) is 29.2. The van der Waals surface area contributed by atoms with Gasteiger partial charge >= 0.3 is 12.4 Å². The molecule has 1 aliphatic heterocycles. The van der Waals surface area contributed by atoms with Crippen LogP contribution in [0.15, 0.2) is 60.7 Å². The molecular formula is C32H34F7N. The number of halogens is 7. The quantitative estimate of drug-likeness (QED) is 0.258. The molecule has 8 heteroatoms. The Bertz CT molecular complexity index is 1280. The maximum atomic E-state index is 13.9. The SMILES string of the molecule is CC(C)CC(C)c1cc(-c2ccc(C(F)(F)F)cc2)cc(C2CCN(Cc3cc(F)cc(C(F)(F)F)c3)CC2)c1. The Hall–Kier alpha value is -2.87. The highest BCUT2D eigenvalue weighted by atomic mass is 19.4. The van der Waals surface area contributed by atoms with Crippen LogP contribution in [0.5, 0.6) is 0 Å². The van der Waals surface area contributed by atoms with E-state index in [0.717, 1.165) is 65.8 Å². The topological polar surface area (TPSA) is 3.24 Å². The van der Waals surface area contributed by atoms with Crippen LogP contribution in [0.3, 0.4) is 0 Å². The Labute approximate surface area is 231 Å². The Morgan fingerprint density at radius 2 is 1.38 bits per heavy atom. The van der Waals surface area contributed by atoms with Gasteiger partial charge in [-0.15, -0.1) is 0 Å². The number of hydrogen-bond acceptors (Lipinski definition) is 1. The predicted molar refractivity (Wildman–Crippen MR) is 143 cm³/mol. The molecule has 0 aliphatic carbocycles. The molecule has 40 heavy (non-hydrogen) atoms. The van der Waals surface area contributed by atoms with Crippen molar-refractivity contribution in [3.05, 3.63) is 94.3 Å². The Kier molecular flexibility index (Phi) is 8.98. The molecular weight excluding hydrogens is 531 g/mol. The van der Waals surface area contributed by atoms with Gasteiger partial charge in [-0.25, -0.2) is 4.39 Å². The molecule has 3 aromatic rings. The minimum absolute atomic E-state index is 0.203. The number of hydrogen-bond donors (Lipinski definition) is 0. The van der Waals surface area contributed by atoms with E-state index in [1.54, 1.807) is 0 Å². The number of piperidine rings is 1. The van der Waals surface area contributed by atoms with Crippen LogP contribution >= 0.6 is 0 Å². The van der Waals surface area contributed by atoms with Crippen molar-refractivity contribution in [2.75, 3.05) is 13.1 Å². The highest BCUT2D eigenvalue weighted by Crippen LogP contribution is 2.37. The molecule has 0 saturated carbocycles. The molecule has 216 valence electrons. The lowest BCUT2D eigenvalue weighted by Gasteiger charge is -2.33. The molecule has 0 spiro atoms. The first-order chi connectivity index (χ1) is 18.7. The van der Waals surface area contributed by atoms with E-state index in [0.29, 0.717) is 30.6 Å². The van der Waals surface area contributed by atoms with Crippen molar-refractivity contribution in [1.82, 2.24) is 4.90 Å². The summed E-state index contributed by atoms with van der Waals surface area (Å²) in [6.07, 6.45) is -6.48. The van der Waals surface area contributed by atoms with Gasteiger partial charge in [-0.3, -0.25) is 4.90 Å². The first-order valence-electron chi connectivity index (χ1n) is 13.6. The lowest BCUT2D eigenvalue weighted by atomic mass is 9.83. The van der Waals surface area contributed by atoms with Gasteiger partial charge in [0.2, 0.25) is 0 Å². The van der Waals surface area contributed by atoms with Crippen molar-refractivity contribution in [2.24, 2.45) is 5.92 Å². The Balaban J connectivity index is 1.54. The second-order valence-corrected chi connectivity index (χ2v) is 11.4. The summed E-state index contributed by atoms with van der Waals surface area (Å²) >= 11 is 0. The minimum Gasteiger partial charge on any atom is -0.299 e. The maximum absolute atomic E-state index is 13.9. The number of alkyl halides is 6. The van der Waals surface area contributed by atoms with Crippen LogP contribution in [0, 0.1) is 11.7 Å². The third-order valence-electron chi connectivity index (χ3n) is 7.67. The van der Waals surface area contributed by atoms with Crippen molar-refractivity contribution < 1.29 is 30.7 Å². The number of likely N-dealkylation sites (tertiary alicyclic amines) is 1. The van der Waals surface area contributed by atoms with Gasteiger partial charge in [0.25, 0.3) is 0 Å². The molecule has 1 aliphatic rings. The standard InChI is InChI=1S/C32H34F7N/c1-20(2)12-21(3)25-15-26(23-4-6-28(7-5-23)31(34,35)36)17-27(16-25)24-8-10-40(11-9-24)19-22-13-29(32(37,38)39)18-30(33)14-22/h4-7,13-18,20-21,24H,8-12,19H2,1-3H3. The summed E-state index contributed by atoms with van der Waals surface area (Å²) in [5.74, 6) is 0.0536. The van der Waals surface area contributed by atoms with Gasteiger partial charge in [-0.05, 0) is 108 Å². The van der Waals surface area contributed by atoms with Crippen LogP contribution in [0.25, 0.3) is 11.1 Å². The van der Waals surface area contributed by atoms with Crippen molar-refractivity contribution in [2.45, 2.75) is 70.8 Å². The molecule has 3 aromatic carbocycles. The van der Waals surface area contributed by atoms with E-state index in [9.17, 15) is 30.7 Å². The van der Waals surface area contributed by atoms with E-state index < -0.39 is 29.3 Å². The predicted octanol–water partition coefficient (Wildman–Crippen LogP) is 10.1. The van der Waals surface area contributed by atoms with Gasteiger partial charge in [0.05, 0.1) is 11.1 Å². The third kappa shape index (κ3) is 7.65. The van der Waals surface area contributed by atoms with E-state index in [-0.39, 0.29) is 18.4 Å². The Morgan fingerprint density at radius 1 is 0.750 bits per heavy atom.